The lowest BCUT2D eigenvalue weighted by Gasteiger charge is -2.08. The summed E-state index contributed by atoms with van der Waals surface area (Å²) in [7, 11) is 2.30. The maximum absolute atomic E-state index is 11.3. The molecule has 5 heteroatoms. The van der Waals surface area contributed by atoms with Crippen LogP contribution in [-0.2, 0) is 4.57 Å². The van der Waals surface area contributed by atoms with Crippen molar-refractivity contribution in [1.82, 2.24) is 0 Å². The second-order valence-corrected chi connectivity index (χ2v) is 3.02. The Balaban J connectivity index is 3.32. The molecule has 0 spiro atoms. The lowest BCUT2D eigenvalue weighted by atomic mass is 10.2. The molecule has 0 fully saturated rings. The number of benzene rings is 1. The zero-order chi connectivity index (χ0) is 10.6. The van der Waals surface area contributed by atoms with Crippen LogP contribution in [0.3, 0.4) is 0 Å². The summed E-state index contributed by atoms with van der Waals surface area (Å²) >= 11 is 0. The van der Waals surface area contributed by atoms with Crippen LogP contribution in [-0.4, -0.2) is 19.7 Å². The van der Waals surface area contributed by atoms with E-state index in [0.29, 0.717) is 11.5 Å². The smallest absolute Gasteiger partial charge is 0.260 e. The summed E-state index contributed by atoms with van der Waals surface area (Å²) in [6.45, 7) is 0. The van der Waals surface area contributed by atoms with Crippen LogP contribution in [0.15, 0.2) is 18.2 Å². The minimum atomic E-state index is -0.577. The molecule has 0 N–H and O–H groups in total. The second kappa shape index (κ2) is 4.72. The normalized spacial score (nSPS) is 9.86. The lowest BCUT2D eigenvalue weighted by molar-refractivity contribution is 0.107. The number of rotatable bonds is 4. The molecule has 0 saturated heterocycles. The highest BCUT2D eigenvalue weighted by Crippen LogP contribution is 2.31. The van der Waals surface area contributed by atoms with E-state index >= 15 is 0 Å². The lowest BCUT2D eigenvalue weighted by Crippen LogP contribution is -1.99. The van der Waals surface area contributed by atoms with Crippen molar-refractivity contribution in [2.45, 2.75) is 0 Å². The summed E-state index contributed by atoms with van der Waals surface area (Å²) < 4.78 is 20.4. The van der Waals surface area contributed by atoms with Crippen molar-refractivity contribution < 1.29 is 18.8 Å². The summed E-state index contributed by atoms with van der Waals surface area (Å²) in [6, 6.07) is 4.91. The Bertz CT molecular complexity index is 340. The fourth-order valence-electron chi connectivity index (χ4n) is 1.11. The van der Waals surface area contributed by atoms with Crippen molar-refractivity contribution in [1.29, 1.82) is 0 Å². The zero-order valence-corrected chi connectivity index (χ0v) is 8.71. The molecule has 0 unspecified atom stereocenters. The number of hydrogen-bond donors (Lipinski definition) is 0. The first-order valence-corrected chi connectivity index (χ1v) is 4.64. The maximum Gasteiger partial charge on any atom is 0.260 e. The van der Waals surface area contributed by atoms with Crippen molar-refractivity contribution >= 4 is 14.0 Å². The highest BCUT2D eigenvalue weighted by atomic mass is 31.1. The predicted molar refractivity (Wildman–Crippen MR) is 51.5 cm³/mol. The third kappa shape index (κ3) is 1.91. The van der Waals surface area contributed by atoms with Crippen LogP contribution >= 0.6 is 8.46 Å². The SMILES string of the molecule is COc1cccc(OC)c1C(=O)P=O. The summed E-state index contributed by atoms with van der Waals surface area (Å²) in [4.78, 5) is 11.3. The van der Waals surface area contributed by atoms with Gasteiger partial charge in [-0.2, -0.15) is 0 Å². The minimum absolute atomic E-state index is 0.203. The molecule has 1 rings (SSSR count). The van der Waals surface area contributed by atoms with Crippen LogP contribution in [0.4, 0.5) is 0 Å². The first kappa shape index (κ1) is 10.7. The fourth-order valence-corrected chi connectivity index (χ4v) is 1.42. The van der Waals surface area contributed by atoms with Gasteiger partial charge in [-0.1, -0.05) is 6.07 Å². The topological polar surface area (TPSA) is 52.6 Å². The van der Waals surface area contributed by atoms with Crippen molar-refractivity contribution in [2.75, 3.05) is 14.2 Å². The molecule has 0 bridgehead atoms. The van der Waals surface area contributed by atoms with Crippen LogP contribution in [0.1, 0.15) is 10.4 Å². The zero-order valence-electron chi connectivity index (χ0n) is 7.81. The van der Waals surface area contributed by atoms with Crippen LogP contribution in [0, 0.1) is 0 Å². The molecule has 4 nitrogen and oxygen atoms in total. The Morgan fingerprint density at radius 2 is 1.71 bits per heavy atom. The molecule has 0 aliphatic heterocycles. The van der Waals surface area contributed by atoms with Gasteiger partial charge in [-0.3, -0.25) is 9.36 Å². The van der Waals surface area contributed by atoms with E-state index in [0.717, 1.165) is 0 Å². The third-order valence-corrected chi connectivity index (χ3v) is 2.11. The number of methoxy groups -OCH3 is 2. The summed E-state index contributed by atoms with van der Waals surface area (Å²) in [6.07, 6.45) is 0. The van der Waals surface area contributed by atoms with Gasteiger partial charge in [0.05, 0.1) is 14.2 Å². The van der Waals surface area contributed by atoms with Gasteiger partial charge in [-0.25, -0.2) is 0 Å². The van der Waals surface area contributed by atoms with Crippen molar-refractivity contribution in [3.8, 4) is 11.5 Å². The van der Waals surface area contributed by atoms with Crippen LogP contribution < -0.4 is 9.47 Å². The van der Waals surface area contributed by atoms with E-state index in [-0.39, 0.29) is 5.56 Å². The van der Waals surface area contributed by atoms with Gasteiger partial charge in [0.1, 0.15) is 17.1 Å². The average molecular weight is 212 g/mol. The number of ether oxygens (including phenoxy) is 2. The van der Waals surface area contributed by atoms with Gasteiger partial charge in [-0.15, -0.1) is 0 Å². The van der Waals surface area contributed by atoms with Gasteiger partial charge in [-0.05, 0) is 12.1 Å². The van der Waals surface area contributed by atoms with Crippen molar-refractivity contribution in [3.05, 3.63) is 23.8 Å². The third-order valence-electron chi connectivity index (χ3n) is 1.72. The average Bonchev–Trinajstić information content (AvgIpc) is 2.26. The molecule has 0 amide bonds. The molecule has 0 saturated carbocycles. The molecule has 0 atom stereocenters. The van der Waals surface area contributed by atoms with Crippen LogP contribution in [0.5, 0.6) is 11.5 Å². The number of hydrogen-bond acceptors (Lipinski definition) is 4. The largest absolute Gasteiger partial charge is 0.496 e. The molecule has 1 aromatic rings. The van der Waals surface area contributed by atoms with Gasteiger partial charge in [0.15, 0.2) is 0 Å². The van der Waals surface area contributed by atoms with E-state index in [1.165, 1.54) is 14.2 Å². The number of carbonyl (C=O) groups is 1. The molecule has 0 heterocycles. The van der Waals surface area contributed by atoms with E-state index in [4.69, 9.17) is 9.47 Å². The molecule has 0 aromatic heterocycles. The molecular formula is C9H9O4P. The molecule has 14 heavy (non-hydrogen) atoms. The molecule has 1 aromatic carbocycles. The monoisotopic (exact) mass is 212 g/mol. The van der Waals surface area contributed by atoms with E-state index in [1.54, 1.807) is 18.2 Å². The molecule has 0 aliphatic rings. The highest BCUT2D eigenvalue weighted by Gasteiger charge is 2.17. The number of carbonyl (C=O) groups excluding carboxylic acids is 1. The summed E-state index contributed by atoms with van der Waals surface area (Å²) in [5, 5.41) is 0. The standard InChI is InChI=1S/C9H9O4P/c1-12-6-4-3-5-7(13-2)8(6)9(10)14-11/h3-5H,1-2H3. The highest BCUT2D eigenvalue weighted by molar-refractivity contribution is 7.47. The summed E-state index contributed by atoms with van der Waals surface area (Å²) in [5.74, 6) is 0.718. The molecule has 74 valence electrons. The molecule has 0 radical (unpaired) electrons. The van der Waals surface area contributed by atoms with E-state index in [2.05, 4.69) is 0 Å². The van der Waals surface area contributed by atoms with Crippen molar-refractivity contribution in [2.24, 2.45) is 0 Å². The van der Waals surface area contributed by atoms with Gasteiger partial charge in [0.25, 0.3) is 5.52 Å². The molecule has 0 aliphatic carbocycles. The minimum Gasteiger partial charge on any atom is -0.496 e. The quantitative estimate of drug-likeness (QED) is 0.717. The first-order valence-electron chi connectivity index (χ1n) is 3.83. The maximum atomic E-state index is 11.3. The Morgan fingerprint density at radius 3 is 2.07 bits per heavy atom. The first-order chi connectivity index (χ1) is 6.74. The summed E-state index contributed by atoms with van der Waals surface area (Å²) in [5.41, 5.74) is -0.353. The van der Waals surface area contributed by atoms with Crippen LogP contribution in [0.25, 0.3) is 0 Å². The second-order valence-electron chi connectivity index (χ2n) is 2.43. The van der Waals surface area contributed by atoms with Gasteiger partial charge < -0.3 is 9.47 Å². The Hall–Kier alpha value is -1.41. The van der Waals surface area contributed by atoms with E-state index < -0.39 is 14.0 Å². The van der Waals surface area contributed by atoms with Gasteiger partial charge in [0, 0.05) is 0 Å². The Kier molecular flexibility index (Phi) is 3.60. The van der Waals surface area contributed by atoms with E-state index in [9.17, 15) is 9.36 Å². The predicted octanol–water partition coefficient (Wildman–Crippen LogP) is 2.14. The Morgan fingerprint density at radius 1 is 1.21 bits per heavy atom. The Labute approximate surface area is 83.0 Å². The van der Waals surface area contributed by atoms with Gasteiger partial charge >= 0.3 is 0 Å². The van der Waals surface area contributed by atoms with Crippen LogP contribution in [0.2, 0.25) is 0 Å². The van der Waals surface area contributed by atoms with Gasteiger partial charge in [0.2, 0.25) is 8.46 Å². The molecular weight excluding hydrogens is 203 g/mol. The van der Waals surface area contributed by atoms with E-state index in [1.807, 2.05) is 0 Å². The van der Waals surface area contributed by atoms with Crippen molar-refractivity contribution in [3.63, 3.8) is 0 Å². The fraction of sp³-hybridized carbons (Fsp3) is 0.222.